The van der Waals surface area contributed by atoms with Crippen molar-refractivity contribution in [2.75, 3.05) is 29.9 Å². The molecule has 6 nitrogen and oxygen atoms in total. The number of nitrogens with zero attached hydrogens (tertiary/aromatic N) is 2. The van der Waals surface area contributed by atoms with Crippen molar-refractivity contribution in [1.29, 1.82) is 0 Å². The van der Waals surface area contributed by atoms with Gasteiger partial charge in [0.15, 0.2) is 0 Å². The predicted octanol–water partition coefficient (Wildman–Crippen LogP) is 5.85. The summed E-state index contributed by atoms with van der Waals surface area (Å²) in [5, 5.41) is 3.06. The zero-order chi connectivity index (χ0) is 25.5. The Hall–Kier alpha value is -2.60. The molecule has 1 aromatic rings. The van der Waals surface area contributed by atoms with Crippen LogP contribution in [0, 0.1) is 11.8 Å². The highest BCUT2D eigenvalue weighted by Gasteiger charge is 2.35. The van der Waals surface area contributed by atoms with Crippen LogP contribution in [0.4, 0.5) is 29.3 Å². The summed E-state index contributed by atoms with van der Waals surface area (Å²) in [4.78, 5) is 28.7. The van der Waals surface area contributed by atoms with Crippen LogP contribution in [0.5, 0.6) is 0 Å². The highest BCUT2D eigenvalue weighted by Crippen LogP contribution is 2.30. The molecule has 34 heavy (non-hydrogen) atoms. The molecule has 10 heteroatoms. The number of anilines is 2. The molecule has 1 aromatic carbocycles. The van der Waals surface area contributed by atoms with Crippen LogP contribution in [0.15, 0.2) is 18.2 Å². The average Bonchev–Trinajstić information content (AvgIpc) is 2.71. The van der Waals surface area contributed by atoms with Gasteiger partial charge in [-0.3, -0.25) is 9.69 Å². The van der Waals surface area contributed by atoms with E-state index in [1.807, 2.05) is 6.92 Å². The summed E-state index contributed by atoms with van der Waals surface area (Å²) < 4.78 is 42.6. The fourth-order valence-electron chi connectivity index (χ4n) is 3.60. The van der Waals surface area contributed by atoms with E-state index in [2.05, 4.69) is 11.2 Å². The summed E-state index contributed by atoms with van der Waals surface area (Å²) in [5.41, 5.74) is 0.269. The van der Waals surface area contributed by atoms with Gasteiger partial charge in [0.05, 0.1) is 17.3 Å². The first-order valence-electron chi connectivity index (χ1n) is 11.2. The monoisotopic (exact) mass is 501 g/mol. The van der Waals surface area contributed by atoms with Crippen molar-refractivity contribution in [2.45, 2.75) is 71.2 Å². The topological polar surface area (TPSA) is 61.9 Å². The van der Waals surface area contributed by atoms with E-state index >= 15 is 0 Å². The minimum Gasteiger partial charge on any atom is -0.444 e. The molecule has 1 heterocycles. The molecule has 1 saturated heterocycles. The normalized spacial score (nSPS) is 16.4. The zero-order valence-electron chi connectivity index (χ0n) is 19.9. The maximum atomic E-state index is 13.0. The molecule has 0 unspecified atom stereocenters. The Bertz CT molecular complexity index is 935. The van der Waals surface area contributed by atoms with Crippen LogP contribution in [0.25, 0.3) is 0 Å². The van der Waals surface area contributed by atoms with Crippen molar-refractivity contribution in [3.8, 4) is 11.8 Å². The highest BCUT2D eigenvalue weighted by atomic mass is 35.5. The van der Waals surface area contributed by atoms with Crippen molar-refractivity contribution in [1.82, 2.24) is 4.90 Å². The Morgan fingerprint density at radius 1 is 1.26 bits per heavy atom. The Labute approximate surface area is 203 Å². The highest BCUT2D eigenvalue weighted by molar-refractivity contribution is 6.33. The molecule has 2 rings (SSSR count). The van der Waals surface area contributed by atoms with Crippen molar-refractivity contribution < 1.29 is 27.5 Å². The first-order valence-corrected chi connectivity index (χ1v) is 11.6. The van der Waals surface area contributed by atoms with Crippen molar-refractivity contribution in [3.63, 3.8) is 0 Å². The summed E-state index contributed by atoms with van der Waals surface area (Å²) in [6.45, 7) is 7.96. The number of hydrogen-bond donors (Lipinski definition) is 1. The number of halogens is 4. The number of nitrogens with one attached hydrogen (secondary N) is 1. The molecule has 1 N–H and O–H groups in total. The Morgan fingerprint density at radius 2 is 1.97 bits per heavy atom. The smallest absolute Gasteiger partial charge is 0.444 e. The lowest BCUT2D eigenvalue weighted by atomic mass is 10.0. The molecule has 0 radical (unpaired) electrons. The summed E-state index contributed by atoms with van der Waals surface area (Å²) >= 11 is 6.40. The third kappa shape index (κ3) is 8.64. The van der Waals surface area contributed by atoms with Crippen LogP contribution in [0.2, 0.25) is 5.02 Å². The maximum absolute atomic E-state index is 13.0. The lowest BCUT2D eigenvalue weighted by Gasteiger charge is -2.35. The number of benzene rings is 1. The number of hydrogen-bond acceptors (Lipinski definition) is 4. The zero-order valence-corrected chi connectivity index (χ0v) is 20.6. The van der Waals surface area contributed by atoms with Crippen LogP contribution in [0.3, 0.4) is 0 Å². The number of ether oxygens (including phenoxy) is 1. The predicted molar refractivity (Wildman–Crippen MR) is 127 cm³/mol. The lowest BCUT2D eigenvalue weighted by molar-refractivity contribution is -0.122. The van der Waals surface area contributed by atoms with Gasteiger partial charge >= 0.3 is 12.3 Å². The third-order valence-corrected chi connectivity index (χ3v) is 5.29. The minimum atomic E-state index is -4.55. The van der Waals surface area contributed by atoms with E-state index in [1.54, 1.807) is 37.8 Å². The van der Waals surface area contributed by atoms with Gasteiger partial charge in [-0.1, -0.05) is 24.4 Å². The van der Waals surface area contributed by atoms with Crippen LogP contribution < -0.4 is 10.2 Å². The maximum Gasteiger partial charge on any atom is 0.457 e. The Kier molecular flexibility index (Phi) is 9.51. The van der Waals surface area contributed by atoms with Gasteiger partial charge < -0.3 is 15.0 Å². The first kappa shape index (κ1) is 27.6. The second-order valence-corrected chi connectivity index (χ2v) is 9.47. The summed E-state index contributed by atoms with van der Waals surface area (Å²) in [6.07, 6.45) is -2.29. The van der Waals surface area contributed by atoms with Crippen LogP contribution in [-0.4, -0.2) is 54.4 Å². The molecule has 0 bridgehead atoms. The Morgan fingerprint density at radius 3 is 2.56 bits per heavy atom. The average molecular weight is 502 g/mol. The van der Waals surface area contributed by atoms with Crippen LogP contribution in [0.1, 0.15) is 53.4 Å². The summed E-state index contributed by atoms with van der Waals surface area (Å²) in [6, 6.07) is 4.13. The van der Waals surface area contributed by atoms with E-state index in [0.29, 0.717) is 37.3 Å². The van der Waals surface area contributed by atoms with E-state index in [-0.39, 0.29) is 17.5 Å². The van der Waals surface area contributed by atoms with Gasteiger partial charge in [-0.2, -0.15) is 13.2 Å². The van der Waals surface area contributed by atoms with E-state index in [0.717, 1.165) is 12.8 Å². The van der Waals surface area contributed by atoms with Gasteiger partial charge in [0, 0.05) is 24.7 Å². The van der Waals surface area contributed by atoms with E-state index < -0.39 is 23.9 Å². The van der Waals surface area contributed by atoms with Gasteiger partial charge in [0.2, 0.25) is 5.91 Å². The number of alkyl halides is 3. The molecule has 1 fully saturated rings. The number of likely N-dealkylation sites (tertiary alicyclic amines) is 1. The van der Waals surface area contributed by atoms with Crippen LogP contribution in [-0.2, 0) is 9.53 Å². The Balaban J connectivity index is 2.14. The molecule has 0 aliphatic carbocycles. The molecular weight excluding hydrogens is 471 g/mol. The summed E-state index contributed by atoms with van der Waals surface area (Å²) in [5.74, 6) is 3.05. The fourth-order valence-corrected chi connectivity index (χ4v) is 3.90. The molecule has 0 spiro atoms. The van der Waals surface area contributed by atoms with Gasteiger partial charge in [-0.05, 0) is 64.7 Å². The molecule has 1 aliphatic heterocycles. The van der Waals surface area contributed by atoms with E-state index in [4.69, 9.17) is 16.3 Å². The first-order chi connectivity index (χ1) is 15.8. The van der Waals surface area contributed by atoms with Crippen LogP contribution >= 0.6 is 11.6 Å². The quantitative estimate of drug-likeness (QED) is 0.497. The minimum absolute atomic E-state index is 0.133. The van der Waals surface area contributed by atoms with Gasteiger partial charge in [0.25, 0.3) is 0 Å². The molecule has 2 amide bonds. The molecular formula is C24H31ClF3N3O3. The molecule has 0 saturated carbocycles. The second-order valence-electron chi connectivity index (χ2n) is 9.06. The fraction of sp³-hybridized carbons (Fsp3) is 0.583. The standard InChI is InChI=1S/C24H31ClF3N3O3/c1-5-13-30(14-8-12-24(26,27)28)19-11-10-17(16-18(19)25)29-21(32)20-9-6-7-15-31(20)22(33)34-23(2,3)4/h10-11,16,20H,5-7,9,13-15H2,1-4H3,(H,29,32)/t20-/m1/s1. The summed E-state index contributed by atoms with van der Waals surface area (Å²) in [7, 11) is 0. The molecule has 1 atom stereocenters. The largest absolute Gasteiger partial charge is 0.457 e. The number of piperidine rings is 1. The molecule has 188 valence electrons. The van der Waals surface area contributed by atoms with Gasteiger partial charge in [-0.25, -0.2) is 4.79 Å². The SMILES string of the molecule is CCCN(CC#CC(F)(F)F)c1ccc(NC(=O)[C@H]2CCCCN2C(=O)OC(C)(C)C)cc1Cl. The van der Waals surface area contributed by atoms with Crippen molar-refractivity contribution in [3.05, 3.63) is 23.2 Å². The van der Waals surface area contributed by atoms with Crippen molar-refractivity contribution >= 4 is 35.0 Å². The third-order valence-electron chi connectivity index (χ3n) is 4.98. The number of carbonyl (C=O) groups is 2. The van der Waals surface area contributed by atoms with Gasteiger partial charge in [-0.15, -0.1) is 0 Å². The van der Waals surface area contributed by atoms with E-state index in [9.17, 15) is 22.8 Å². The second kappa shape index (κ2) is 11.7. The van der Waals surface area contributed by atoms with E-state index in [1.165, 1.54) is 16.9 Å². The number of amides is 2. The molecule has 0 aromatic heterocycles. The van der Waals surface area contributed by atoms with Crippen molar-refractivity contribution in [2.24, 2.45) is 0 Å². The number of carbonyl (C=O) groups excluding carboxylic acids is 2. The molecule has 1 aliphatic rings. The number of rotatable bonds is 6. The lowest BCUT2D eigenvalue weighted by Crippen LogP contribution is -2.51. The van der Waals surface area contributed by atoms with Gasteiger partial charge in [0.1, 0.15) is 11.6 Å².